The molecule has 1 aromatic carbocycles. The minimum atomic E-state index is -0.584. The Morgan fingerprint density at radius 2 is 2.19 bits per heavy atom. The van der Waals surface area contributed by atoms with E-state index in [0.29, 0.717) is 11.8 Å². The monoisotopic (exact) mass is 283 g/mol. The van der Waals surface area contributed by atoms with Gasteiger partial charge in [0.1, 0.15) is 24.1 Å². The van der Waals surface area contributed by atoms with E-state index in [-0.39, 0.29) is 29.3 Å². The molecule has 0 aliphatic heterocycles. The minimum Gasteiger partial charge on any atom is -0.488 e. The molecule has 0 unspecified atom stereocenters. The van der Waals surface area contributed by atoms with E-state index in [1.165, 1.54) is 18.3 Å². The first-order chi connectivity index (χ1) is 10.1. The number of ether oxygens (including phenoxy) is 1. The molecular weight excluding hydrogens is 274 g/mol. The summed E-state index contributed by atoms with van der Waals surface area (Å²) < 4.78 is 5.46. The Morgan fingerprint density at radius 3 is 2.86 bits per heavy atom. The van der Waals surface area contributed by atoms with Crippen molar-refractivity contribution < 1.29 is 14.5 Å². The Labute approximate surface area is 119 Å². The van der Waals surface area contributed by atoms with Gasteiger partial charge in [-0.25, -0.2) is 4.98 Å². The van der Waals surface area contributed by atoms with Gasteiger partial charge in [0, 0.05) is 18.3 Å². The first kappa shape index (κ1) is 14.1. The number of nitrogens with zero attached hydrogens (tertiary/aromatic N) is 3. The quantitative estimate of drug-likeness (QED) is 0.473. The highest BCUT2D eigenvalue weighted by Gasteiger charge is 2.11. The van der Waals surface area contributed by atoms with Crippen molar-refractivity contribution in [1.82, 2.24) is 4.98 Å². The predicted octanol–water partition coefficient (Wildman–Crippen LogP) is 2.25. The van der Waals surface area contributed by atoms with Crippen LogP contribution >= 0.6 is 0 Å². The van der Waals surface area contributed by atoms with Crippen molar-refractivity contribution in [3.05, 3.63) is 63.5 Å². The Kier molecular flexibility index (Phi) is 4.21. The highest BCUT2D eigenvalue weighted by Crippen LogP contribution is 2.23. The van der Waals surface area contributed by atoms with Crippen molar-refractivity contribution in [3.63, 3.8) is 0 Å². The lowest BCUT2D eigenvalue weighted by Crippen LogP contribution is -2.00. The molecule has 7 nitrogen and oxygen atoms in total. The molecule has 7 heteroatoms. The number of carbonyl (C=O) groups is 1. The fourth-order valence-electron chi connectivity index (χ4n) is 1.66. The summed E-state index contributed by atoms with van der Waals surface area (Å²) in [4.78, 5) is 24.8. The number of nitro groups is 1. The Bertz CT molecular complexity index is 737. The van der Waals surface area contributed by atoms with E-state index in [0.717, 1.165) is 6.07 Å². The summed E-state index contributed by atoms with van der Waals surface area (Å²) in [6, 6.07) is 8.92. The Hall–Kier alpha value is -3.27. The van der Waals surface area contributed by atoms with Crippen molar-refractivity contribution in [2.24, 2.45) is 0 Å². The largest absolute Gasteiger partial charge is 0.488 e. The van der Waals surface area contributed by atoms with E-state index < -0.39 is 4.92 Å². The standard InChI is InChI=1S/C14H9N3O4/c15-7-12-5-10(3-4-16-12)9-21-14-2-1-13(17(19)20)6-11(14)8-18/h1-6,8H,9H2. The van der Waals surface area contributed by atoms with Crippen LogP contribution in [-0.4, -0.2) is 16.2 Å². The number of hydrogen-bond donors (Lipinski definition) is 0. The number of nitro benzene ring substituents is 1. The second-order valence-corrected chi connectivity index (χ2v) is 4.05. The summed E-state index contributed by atoms with van der Waals surface area (Å²) in [5.41, 5.74) is 0.881. The number of aromatic nitrogens is 1. The van der Waals surface area contributed by atoms with Gasteiger partial charge in [0.25, 0.3) is 5.69 Å². The van der Waals surface area contributed by atoms with Gasteiger partial charge in [0.05, 0.1) is 10.5 Å². The van der Waals surface area contributed by atoms with E-state index in [9.17, 15) is 14.9 Å². The molecule has 0 saturated carbocycles. The minimum absolute atomic E-state index is 0.0961. The lowest BCUT2D eigenvalue weighted by molar-refractivity contribution is -0.384. The van der Waals surface area contributed by atoms with Crippen LogP contribution in [0.15, 0.2) is 36.5 Å². The van der Waals surface area contributed by atoms with Crippen LogP contribution in [0.4, 0.5) is 5.69 Å². The average molecular weight is 283 g/mol. The average Bonchev–Trinajstić information content (AvgIpc) is 2.52. The molecule has 0 amide bonds. The first-order valence-corrected chi connectivity index (χ1v) is 5.85. The number of carbonyl (C=O) groups excluding carboxylic acids is 1. The Morgan fingerprint density at radius 1 is 1.38 bits per heavy atom. The lowest BCUT2D eigenvalue weighted by atomic mass is 10.2. The Balaban J connectivity index is 2.18. The van der Waals surface area contributed by atoms with E-state index in [1.54, 1.807) is 12.1 Å². The van der Waals surface area contributed by atoms with E-state index >= 15 is 0 Å². The summed E-state index contributed by atoms with van der Waals surface area (Å²) in [5.74, 6) is 0.242. The van der Waals surface area contributed by atoms with Gasteiger partial charge in [-0.05, 0) is 23.8 Å². The van der Waals surface area contributed by atoms with Crippen LogP contribution in [0.1, 0.15) is 21.6 Å². The maximum atomic E-state index is 11.0. The van der Waals surface area contributed by atoms with Gasteiger partial charge < -0.3 is 4.74 Å². The van der Waals surface area contributed by atoms with Crippen molar-refractivity contribution in [3.8, 4) is 11.8 Å². The molecule has 0 radical (unpaired) electrons. The first-order valence-electron chi connectivity index (χ1n) is 5.85. The zero-order chi connectivity index (χ0) is 15.2. The lowest BCUT2D eigenvalue weighted by Gasteiger charge is -2.08. The second kappa shape index (κ2) is 6.25. The molecule has 0 fully saturated rings. The summed E-state index contributed by atoms with van der Waals surface area (Å²) in [5, 5.41) is 19.4. The summed E-state index contributed by atoms with van der Waals surface area (Å²) in [6.45, 7) is 0.121. The van der Waals surface area contributed by atoms with Crippen LogP contribution in [-0.2, 0) is 6.61 Å². The molecule has 0 spiro atoms. The second-order valence-electron chi connectivity index (χ2n) is 4.05. The van der Waals surface area contributed by atoms with E-state index in [2.05, 4.69) is 4.98 Å². The van der Waals surface area contributed by atoms with Gasteiger partial charge in [-0.3, -0.25) is 14.9 Å². The molecule has 2 rings (SSSR count). The number of pyridine rings is 1. The number of nitriles is 1. The molecule has 0 bridgehead atoms. The van der Waals surface area contributed by atoms with Gasteiger partial charge >= 0.3 is 0 Å². The van der Waals surface area contributed by atoms with E-state index in [4.69, 9.17) is 10.00 Å². The third kappa shape index (κ3) is 3.39. The van der Waals surface area contributed by atoms with Crippen molar-refractivity contribution >= 4 is 12.0 Å². The number of rotatable bonds is 5. The molecule has 0 saturated heterocycles. The fourth-order valence-corrected chi connectivity index (χ4v) is 1.66. The molecule has 1 heterocycles. The maximum Gasteiger partial charge on any atom is 0.270 e. The molecule has 0 atom stereocenters. The van der Waals surface area contributed by atoms with Crippen molar-refractivity contribution in [2.45, 2.75) is 6.61 Å². The summed E-state index contributed by atoms with van der Waals surface area (Å²) in [7, 11) is 0. The zero-order valence-corrected chi connectivity index (χ0v) is 10.7. The number of non-ortho nitro benzene ring substituents is 1. The topological polar surface area (TPSA) is 106 Å². The van der Waals surface area contributed by atoms with Crippen molar-refractivity contribution in [1.29, 1.82) is 5.26 Å². The molecule has 0 N–H and O–H groups in total. The summed E-state index contributed by atoms with van der Waals surface area (Å²) in [6.07, 6.45) is 1.98. The maximum absolute atomic E-state index is 11.0. The highest BCUT2D eigenvalue weighted by atomic mass is 16.6. The molecule has 21 heavy (non-hydrogen) atoms. The molecule has 104 valence electrons. The highest BCUT2D eigenvalue weighted by molar-refractivity contribution is 5.80. The summed E-state index contributed by atoms with van der Waals surface area (Å²) >= 11 is 0. The van der Waals surface area contributed by atoms with Crippen LogP contribution in [0, 0.1) is 21.4 Å². The van der Waals surface area contributed by atoms with Crippen LogP contribution < -0.4 is 4.74 Å². The number of hydrogen-bond acceptors (Lipinski definition) is 6. The van der Waals surface area contributed by atoms with Gasteiger partial charge in [0.2, 0.25) is 0 Å². The number of benzene rings is 1. The molecule has 0 aliphatic carbocycles. The zero-order valence-electron chi connectivity index (χ0n) is 10.7. The number of aldehydes is 1. The SMILES string of the molecule is N#Cc1cc(COc2ccc([N+](=O)[O-])cc2C=O)ccn1. The third-order valence-electron chi connectivity index (χ3n) is 2.66. The van der Waals surface area contributed by atoms with Gasteiger partial charge in [-0.15, -0.1) is 0 Å². The van der Waals surface area contributed by atoms with Gasteiger partial charge in [-0.2, -0.15) is 5.26 Å². The molecule has 2 aromatic rings. The fraction of sp³-hybridized carbons (Fsp3) is 0.0714. The molecular formula is C14H9N3O4. The van der Waals surface area contributed by atoms with Crippen LogP contribution in [0.2, 0.25) is 0 Å². The van der Waals surface area contributed by atoms with Gasteiger partial charge in [0.15, 0.2) is 6.29 Å². The predicted molar refractivity (Wildman–Crippen MR) is 71.8 cm³/mol. The molecule has 0 aliphatic rings. The van der Waals surface area contributed by atoms with E-state index in [1.807, 2.05) is 6.07 Å². The smallest absolute Gasteiger partial charge is 0.270 e. The normalized spacial score (nSPS) is 9.67. The van der Waals surface area contributed by atoms with Crippen LogP contribution in [0.5, 0.6) is 5.75 Å². The van der Waals surface area contributed by atoms with Crippen molar-refractivity contribution in [2.75, 3.05) is 0 Å². The van der Waals surface area contributed by atoms with Crippen LogP contribution in [0.25, 0.3) is 0 Å². The molecule has 1 aromatic heterocycles. The third-order valence-corrected chi connectivity index (χ3v) is 2.66. The van der Waals surface area contributed by atoms with Gasteiger partial charge in [-0.1, -0.05) is 0 Å². The van der Waals surface area contributed by atoms with Crippen LogP contribution in [0.3, 0.4) is 0 Å².